The smallest absolute Gasteiger partial charge is 0.303 e. The number of phenols is 1. The van der Waals surface area contributed by atoms with Gasteiger partial charge in [0.25, 0.3) is 11.8 Å². The summed E-state index contributed by atoms with van der Waals surface area (Å²) in [6.07, 6.45) is 1.66. The van der Waals surface area contributed by atoms with Gasteiger partial charge in [-0.05, 0) is 31.2 Å². The van der Waals surface area contributed by atoms with Crippen LogP contribution >= 0.6 is 39.1 Å². The number of alkyl halides is 3. The highest BCUT2D eigenvalue weighted by atomic mass is 79.9. The Morgan fingerprint density at radius 2 is 1.85 bits per heavy atom. The van der Waals surface area contributed by atoms with Crippen molar-refractivity contribution in [1.29, 1.82) is 0 Å². The van der Waals surface area contributed by atoms with Crippen LogP contribution in [0.2, 0.25) is 0 Å². The summed E-state index contributed by atoms with van der Waals surface area (Å²) in [5, 5.41) is 20.1. The van der Waals surface area contributed by atoms with Crippen molar-refractivity contribution in [3.05, 3.63) is 35.4 Å². The van der Waals surface area contributed by atoms with Crippen molar-refractivity contribution in [2.75, 3.05) is 19.1 Å². The number of carboxylic acid groups (broad SMARTS) is 1. The molecule has 208 valence electrons. The van der Waals surface area contributed by atoms with Gasteiger partial charge in [0.2, 0.25) is 11.8 Å². The lowest BCUT2D eigenvalue weighted by molar-refractivity contribution is -0.142. The molecule has 4 amide bonds. The molecule has 2 aliphatic carbocycles. The third-order valence-electron chi connectivity index (χ3n) is 8.44. The largest absolute Gasteiger partial charge is 0.504 e. The minimum atomic E-state index is -2.04. The van der Waals surface area contributed by atoms with Crippen molar-refractivity contribution in [2.45, 2.75) is 41.3 Å². The van der Waals surface area contributed by atoms with Crippen LogP contribution in [-0.2, 0) is 24.0 Å². The number of nitrogens with zero attached hydrogens (tertiary/aromatic N) is 2. The number of rotatable bonds is 7. The van der Waals surface area contributed by atoms with Crippen LogP contribution in [-0.4, -0.2) is 78.5 Å². The van der Waals surface area contributed by atoms with Crippen molar-refractivity contribution >= 4 is 68.7 Å². The number of carbonyl (C=O) groups is 5. The lowest BCUT2D eigenvalue weighted by Crippen LogP contribution is -2.60. The van der Waals surface area contributed by atoms with Crippen molar-refractivity contribution < 1.29 is 38.9 Å². The van der Waals surface area contributed by atoms with Crippen LogP contribution in [0.15, 0.2) is 29.8 Å². The molecule has 0 spiro atoms. The van der Waals surface area contributed by atoms with Crippen molar-refractivity contribution in [1.82, 2.24) is 9.80 Å². The quantitative estimate of drug-likeness (QED) is 0.200. The number of ether oxygens (including phenoxy) is 1. The van der Waals surface area contributed by atoms with Gasteiger partial charge in [0.15, 0.2) is 21.2 Å². The van der Waals surface area contributed by atoms with E-state index in [1.807, 2.05) is 0 Å². The summed E-state index contributed by atoms with van der Waals surface area (Å²) >= 11 is 17.4. The molecule has 0 radical (unpaired) electrons. The minimum absolute atomic E-state index is 0.0423. The summed E-state index contributed by atoms with van der Waals surface area (Å²) in [5.41, 5.74) is 0.586. The molecule has 2 aliphatic heterocycles. The maximum atomic E-state index is 13.7. The SMILES string of the molecule is COc1cccc(C2C3=CCC4C(=O)N(CCCC(=O)O)C(=O)C4C3CC3(Cl)C(=O)N(CBr)C(=O)C23Cl)c1O. The second kappa shape index (κ2) is 9.78. The zero-order chi connectivity index (χ0) is 28.4. The second-order valence-corrected chi connectivity index (χ2v) is 12.0. The molecule has 6 atom stereocenters. The first-order valence-electron chi connectivity index (χ1n) is 12.4. The van der Waals surface area contributed by atoms with Gasteiger partial charge in [-0.1, -0.05) is 39.7 Å². The molecule has 1 aromatic carbocycles. The normalized spacial score (nSPS) is 33.6. The lowest BCUT2D eigenvalue weighted by Gasteiger charge is -2.50. The van der Waals surface area contributed by atoms with Crippen LogP contribution in [0, 0.1) is 17.8 Å². The number of hydrogen-bond acceptors (Lipinski definition) is 7. The number of halogens is 3. The topological polar surface area (TPSA) is 142 Å². The molecule has 5 rings (SSSR count). The van der Waals surface area contributed by atoms with E-state index in [2.05, 4.69) is 15.9 Å². The van der Waals surface area contributed by atoms with Crippen LogP contribution in [0.5, 0.6) is 11.5 Å². The third kappa shape index (κ3) is 3.76. The zero-order valence-corrected chi connectivity index (χ0v) is 23.8. The Kier molecular flexibility index (Phi) is 7.00. The highest BCUT2D eigenvalue weighted by Crippen LogP contribution is 2.66. The maximum absolute atomic E-state index is 13.7. The Bertz CT molecular complexity index is 1340. The van der Waals surface area contributed by atoms with E-state index in [1.54, 1.807) is 18.2 Å². The molecule has 6 unspecified atom stereocenters. The number of imide groups is 2. The highest BCUT2D eigenvalue weighted by Gasteiger charge is 2.76. The maximum Gasteiger partial charge on any atom is 0.303 e. The number of allylic oxidation sites excluding steroid dienone is 2. The van der Waals surface area contributed by atoms with Gasteiger partial charge in [0.1, 0.15) is 0 Å². The van der Waals surface area contributed by atoms with Crippen LogP contribution in [0.25, 0.3) is 0 Å². The molecule has 0 bridgehead atoms. The monoisotopic (exact) mass is 642 g/mol. The van der Waals surface area contributed by atoms with Gasteiger partial charge < -0.3 is 14.9 Å². The third-order valence-corrected chi connectivity index (χ3v) is 10.4. The first-order chi connectivity index (χ1) is 18.4. The Hall–Kier alpha value is -2.63. The number of fused-ring (bicyclic) bond motifs is 4. The molecule has 2 heterocycles. The number of carbonyl (C=O) groups excluding carboxylic acids is 4. The van der Waals surface area contributed by atoms with E-state index in [4.69, 9.17) is 33.0 Å². The van der Waals surface area contributed by atoms with E-state index in [1.165, 1.54) is 13.2 Å². The fraction of sp³-hybridized carbons (Fsp3) is 0.500. The van der Waals surface area contributed by atoms with Crippen LogP contribution in [0.4, 0.5) is 0 Å². The van der Waals surface area contributed by atoms with Gasteiger partial charge in [0.05, 0.1) is 24.4 Å². The lowest BCUT2D eigenvalue weighted by atomic mass is 9.56. The van der Waals surface area contributed by atoms with E-state index >= 15 is 0 Å². The number of amides is 4. The van der Waals surface area contributed by atoms with E-state index < -0.39 is 63.0 Å². The van der Waals surface area contributed by atoms with Gasteiger partial charge in [-0.25, -0.2) is 0 Å². The van der Waals surface area contributed by atoms with E-state index in [9.17, 15) is 29.1 Å². The number of methoxy groups -OCH3 is 1. The zero-order valence-electron chi connectivity index (χ0n) is 20.7. The predicted octanol–water partition coefficient (Wildman–Crippen LogP) is 2.98. The number of aromatic hydroxyl groups is 1. The summed E-state index contributed by atoms with van der Waals surface area (Å²) in [7, 11) is 1.37. The fourth-order valence-electron chi connectivity index (χ4n) is 6.71. The molecule has 13 heteroatoms. The van der Waals surface area contributed by atoms with Gasteiger partial charge in [0, 0.05) is 24.4 Å². The van der Waals surface area contributed by atoms with Crippen LogP contribution in [0.1, 0.15) is 37.2 Å². The molecule has 3 fully saturated rings. The summed E-state index contributed by atoms with van der Waals surface area (Å²) in [5.74, 6) is -7.01. The molecule has 39 heavy (non-hydrogen) atoms. The van der Waals surface area contributed by atoms with E-state index in [-0.39, 0.29) is 54.7 Å². The predicted molar refractivity (Wildman–Crippen MR) is 142 cm³/mol. The average molecular weight is 644 g/mol. The first kappa shape index (κ1) is 27.9. The molecule has 2 N–H and O–H groups in total. The van der Waals surface area contributed by atoms with Gasteiger partial charge >= 0.3 is 5.97 Å². The second-order valence-electron chi connectivity index (χ2n) is 10.2. The first-order valence-corrected chi connectivity index (χ1v) is 14.2. The Morgan fingerprint density at radius 3 is 2.49 bits per heavy atom. The standard InChI is InChI=1S/C26H25BrCl2N2O8/c1-39-16-5-2-4-14(20(16)34)19-12-7-8-13-18(22(36)30(21(13)35)9-3-6-17(32)33)15(12)10-25(28)23(37)31(11-27)24(38)26(19,25)29/h2,4-5,7,13,15,18-19,34H,3,6,8-11H2,1H3,(H,32,33). The van der Waals surface area contributed by atoms with Crippen LogP contribution in [0.3, 0.4) is 0 Å². The molecular formula is C26H25BrCl2N2O8. The van der Waals surface area contributed by atoms with Gasteiger partial charge in [-0.3, -0.25) is 33.8 Å². The number of aliphatic carboxylic acids is 1. The van der Waals surface area contributed by atoms with Gasteiger partial charge in [-0.15, -0.1) is 23.2 Å². The molecular weight excluding hydrogens is 619 g/mol. The Balaban J connectivity index is 1.65. The van der Waals surface area contributed by atoms with E-state index in [0.29, 0.717) is 5.57 Å². The number of benzene rings is 1. The van der Waals surface area contributed by atoms with Crippen LogP contribution < -0.4 is 4.74 Å². The van der Waals surface area contributed by atoms with Crippen molar-refractivity contribution in [3.8, 4) is 11.5 Å². The molecule has 4 aliphatic rings. The summed E-state index contributed by atoms with van der Waals surface area (Å²) in [4.78, 5) is 63.2. The molecule has 10 nitrogen and oxygen atoms in total. The summed E-state index contributed by atoms with van der Waals surface area (Å²) in [6, 6.07) is 4.70. The molecule has 2 saturated heterocycles. The average Bonchev–Trinajstić information content (AvgIpc) is 3.22. The summed E-state index contributed by atoms with van der Waals surface area (Å²) < 4.78 is 5.28. The Labute approximate surface area is 242 Å². The van der Waals surface area contributed by atoms with Gasteiger partial charge in [-0.2, -0.15) is 0 Å². The number of phenolic OH excluding ortho intramolecular Hbond substituents is 1. The number of para-hydroxylation sites is 1. The molecule has 1 saturated carbocycles. The minimum Gasteiger partial charge on any atom is -0.504 e. The molecule has 0 aromatic heterocycles. The van der Waals surface area contributed by atoms with Crippen molar-refractivity contribution in [2.24, 2.45) is 17.8 Å². The highest BCUT2D eigenvalue weighted by molar-refractivity contribution is 9.09. The fourth-order valence-corrected chi connectivity index (χ4v) is 8.13. The Morgan fingerprint density at radius 1 is 1.13 bits per heavy atom. The number of hydrogen-bond donors (Lipinski definition) is 2. The number of carboxylic acids is 1. The number of likely N-dealkylation sites (tertiary alicyclic amines) is 2. The summed E-state index contributed by atoms with van der Waals surface area (Å²) in [6.45, 7) is -0.0423. The molecule has 1 aromatic rings. The van der Waals surface area contributed by atoms with Crippen molar-refractivity contribution in [3.63, 3.8) is 0 Å². The van der Waals surface area contributed by atoms with E-state index in [0.717, 1.165) is 9.80 Å².